The van der Waals surface area contributed by atoms with Crippen molar-refractivity contribution in [3.63, 3.8) is 0 Å². The average molecular weight is 258 g/mol. The van der Waals surface area contributed by atoms with Crippen LogP contribution in [0.2, 0.25) is 0 Å². The van der Waals surface area contributed by atoms with Gasteiger partial charge in [0.15, 0.2) is 0 Å². The zero-order chi connectivity index (χ0) is 13.3. The molecule has 0 spiro atoms. The highest BCUT2D eigenvalue weighted by Crippen LogP contribution is 2.33. The molecule has 1 aromatic carbocycles. The SMILES string of the molecule is CC(C)c1ccc(-c2ccc(C(C)(C)C)cc2)s1. The van der Waals surface area contributed by atoms with Gasteiger partial charge in [-0.05, 0) is 34.6 Å². The zero-order valence-corrected chi connectivity index (χ0v) is 12.8. The minimum Gasteiger partial charge on any atom is -0.140 e. The molecule has 1 heteroatoms. The number of hydrogen-bond acceptors (Lipinski definition) is 1. The van der Waals surface area contributed by atoms with E-state index in [4.69, 9.17) is 0 Å². The fraction of sp³-hybridized carbons (Fsp3) is 0.412. The third-order valence-corrected chi connectivity index (χ3v) is 4.67. The lowest BCUT2D eigenvalue weighted by Crippen LogP contribution is -2.10. The lowest BCUT2D eigenvalue weighted by atomic mass is 9.86. The normalized spacial score (nSPS) is 12.1. The van der Waals surface area contributed by atoms with Crippen LogP contribution in [0.1, 0.15) is 51.0 Å². The Bertz CT molecular complexity index is 509. The fourth-order valence-electron chi connectivity index (χ4n) is 1.95. The molecule has 0 saturated carbocycles. The van der Waals surface area contributed by atoms with Crippen LogP contribution < -0.4 is 0 Å². The first-order valence-corrected chi connectivity index (χ1v) is 7.40. The predicted molar refractivity (Wildman–Crippen MR) is 82.5 cm³/mol. The summed E-state index contributed by atoms with van der Waals surface area (Å²) >= 11 is 1.91. The molecule has 0 bridgehead atoms. The van der Waals surface area contributed by atoms with Gasteiger partial charge in [0.25, 0.3) is 0 Å². The Morgan fingerprint density at radius 1 is 0.889 bits per heavy atom. The van der Waals surface area contributed by atoms with E-state index in [1.54, 1.807) is 0 Å². The minimum atomic E-state index is 0.233. The molecule has 0 aliphatic heterocycles. The van der Waals surface area contributed by atoms with Crippen LogP contribution in [-0.4, -0.2) is 0 Å². The van der Waals surface area contributed by atoms with Crippen molar-refractivity contribution in [3.8, 4) is 10.4 Å². The van der Waals surface area contributed by atoms with E-state index in [2.05, 4.69) is 71.0 Å². The van der Waals surface area contributed by atoms with Crippen molar-refractivity contribution in [1.82, 2.24) is 0 Å². The Hall–Kier alpha value is -1.08. The molecular formula is C17H22S. The van der Waals surface area contributed by atoms with Crippen LogP contribution in [0, 0.1) is 0 Å². The Balaban J connectivity index is 2.29. The van der Waals surface area contributed by atoms with Crippen molar-refractivity contribution in [1.29, 1.82) is 0 Å². The summed E-state index contributed by atoms with van der Waals surface area (Å²) < 4.78 is 0. The second-order valence-electron chi connectivity index (χ2n) is 6.18. The third kappa shape index (κ3) is 2.84. The second kappa shape index (κ2) is 4.89. The van der Waals surface area contributed by atoms with Crippen LogP contribution in [0.25, 0.3) is 10.4 Å². The molecule has 2 rings (SSSR count). The largest absolute Gasteiger partial charge is 0.140 e. The van der Waals surface area contributed by atoms with E-state index in [1.165, 1.54) is 20.9 Å². The van der Waals surface area contributed by atoms with Crippen LogP contribution in [0.5, 0.6) is 0 Å². The van der Waals surface area contributed by atoms with Gasteiger partial charge in [-0.25, -0.2) is 0 Å². The summed E-state index contributed by atoms with van der Waals surface area (Å²) in [6.45, 7) is 11.3. The van der Waals surface area contributed by atoms with E-state index < -0.39 is 0 Å². The smallest absolute Gasteiger partial charge is 0.0345 e. The molecule has 0 aliphatic rings. The molecule has 0 N–H and O–H groups in total. The molecule has 0 unspecified atom stereocenters. The van der Waals surface area contributed by atoms with Crippen molar-refractivity contribution in [3.05, 3.63) is 46.8 Å². The lowest BCUT2D eigenvalue weighted by molar-refractivity contribution is 0.590. The molecule has 1 aromatic heterocycles. The van der Waals surface area contributed by atoms with Crippen molar-refractivity contribution in [2.24, 2.45) is 0 Å². The molecule has 0 nitrogen and oxygen atoms in total. The number of thiophene rings is 1. The van der Waals surface area contributed by atoms with E-state index in [-0.39, 0.29) is 5.41 Å². The van der Waals surface area contributed by atoms with Crippen molar-refractivity contribution >= 4 is 11.3 Å². The number of benzene rings is 1. The average Bonchev–Trinajstić information content (AvgIpc) is 2.77. The Labute approximate surface area is 115 Å². The summed E-state index contributed by atoms with van der Waals surface area (Å²) in [5.74, 6) is 0.623. The van der Waals surface area contributed by atoms with Gasteiger partial charge in [0.2, 0.25) is 0 Å². The standard InChI is InChI=1S/C17H22S/c1-12(2)15-10-11-16(18-15)13-6-8-14(9-7-13)17(3,4)5/h6-12H,1-5H3. The summed E-state index contributed by atoms with van der Waals surface area (Å²) in [5, 5.41) is 0. The monoisotopic (exact) mass is 258 g/mol. The van der Waals surface area contributed by atoms with E-state index in [1.807, 2.05) is 11.3 Å². The maximum Gasteiger partial charge on any atom is 0.0345 e. The van der Waals surface area contributed by atoms with Crippen molar-refractivity contribution in [2.75, 3.05) is 0 Å². The van der Waals surface area contributed by atoms with Gasteiger partial charge in [-0.15, -0.1) is 11.3 Å². The highest BCUT2D eigenvalue weighted by molar-refractivity contribution is 7.15. The van der Waals surface area contributed by atoms with Gasteiger partial charge in [-0.2, -0.15) is 0 Å². The van der Waals surface area contributed by atoms with Gasteiger partial charge in [-0.3, -0.25) is 0 Å². The van der Waals surface area contributed by atoms with Crippen LogP contribution in [0.15, 0.2) is 36.4 Å². The van der Waals surface area contributed by atoms with Gasteiger partial charge < -0.3 is 0 Å². The van der Waals surface area contributed by atoms with E-state index >= 15 is 0 Å². The van der Waals surface area contributed by atoms with Crippen LogP contribution in [0.3, 0.4) is 0 Å². The summed E-state index contributed by atoms with van der Waals surface area (Å²) in [6.07, 6.45) is 0. The third-order valence-electron chi connectivity index (χ3n) is 3.23. The zero-order valence-electron chi connectivity index (χ0n) is 11.9. The summed E-state index contributed by atoms with van der Waals surface area (Å²) in [4.78, 5) is 2.84. The van der Waals surface area contributed by atoms with Gasteiger partial charge in [0.1, 0.15) is 0 Å². The van der Waals surface area contributed by atoms with E-state index in [9.17, 15) is 0 Å². The van der Waals surface area contributed by atoms with E-state index in [0.29, 0.717) is 5.92 Å². The summed E-state index contributed by atoms with van der Waals surface area (Å²) in [5.41, 5.74) is 2.96. The Kier molecular flexibility index (Phi) is 3.63. The first-order valence-electron chi connectivity index (χ1n) is 6.58. The first-order chi connectivity index (χ1) is 8.38. The summed E-state index contributed by atoms with van der Waals surface area (Å²) in [7, 11) is 0. The maximum atomic E-state index is 2.25. The summed E-state index contributed by atoms with van der Waals surface area (Å²) in [6, 6.07) is 13.5. The molecule has 2 aromatic rings. The molecule has 0 atom stereocenters. The molecule has 0 fully saturated rings. The van der Waals surface area contributed by atoms with Crippen LogP contribution in [-0.2, 0) is 5.41 Å². The second-order valence-corrected chi connectivity index (χ2v) is 7.30. The van der Waals surface area contributed by atoms with Crippen LogP contribution in [0.4, 0.5) is 0 Å². The number of rotatable bonds is 2. The molecule has 18 heavy (non-hydrogen) atoms. The molecule has 0 saturated heterocycles. The highest BCUT2D eigenvalue weighted by Gasteiger charge is 2.13. The van der Waals surface area contributed by atoms with Gasteiger partial charge in [-0.1, -0.05) is 58.9 Å². The van der Waals surface area contributed by atoms with Gasteiger partial charge in [0, 0.05) is 9.75 Å². The predicted octanol–water partition coefficient (Wildman–Crippen LogP) is 5.84. The first kappa shape index (κ1) is 13.4. The topological polar surface area (TPSA) is 0 Å². The number of hydrogen-bond donors (Lipinski definition) is 0. The molecule has 1 heterocycles. The molecule has 0 aliphatic carbocycles. The Morgan fingerprint density at radius 2 is 1.50 bits per heavy atom. The molecule has 0 amide bonds. The van der Waals surface area contributed by atoms with Gasteiger partial charge in [0.05, 0.1) is 0 Å². The quantitative estimate of drug-likeness (QED) is 0.635. The lowest BCUT2D eigenvalue weighted by Gasteiger charge is -2.18. The van der Waals surface area contributed by atoms with Crippen molar-refractivity contribution < 1.29 is 0 Å². The van der Waals surface area contributed by atoms with E-state index in [0.717, 1.165) is 0 Å². The Morgan fingerprint density at radius 3 is 1.94 bits per heavy atom. The molecular weight excluding hydrogens is 236 g/mol. The molecule has 0 radical (unpaired) electrons. The fourth-order valence-corrected chi connectivity index (χ4v) is 2.97. The highest BCUT2D eigenvalue weighted by atomic mass is 32.1. The minimum absolute atomic E-state index is 0.233. The van der Waals surface area contributed by atoms with Crippen molar-refractivity contribution in [2.45, 2.75) is 46.0 Å². The van der Waals surface area contributed by atoms with Crippen LogP contribution >= 0.6 is 11.3 Å². The maximum absolute atomic E-state index is 2.25. The van der Waals surface area contributed by atoms with Gasteiger partial charge >= 0.3 is 0 Å². The molecule has 96 valence electrons.